The number of hydrogen-bond acceptors (Lipinski definition) is 2. The maximum absolute atomic E-state index is 11.3. The summed E-state index contributed by atoms with van der Waals surface area (Å²) in [6.45, 7) is 0. The van der Waals surface area contributed by atoms with E-state index in [9.17, 15) is 9.59 Å². The molecular weight excluding hydrogens is 263 g/mol. The molecule has 0 aromatic heterocycles. The van der Waals surface area contributed by atoms with E-state index in [1.165, 1.54) is 6.08 Å². The van der Waals surface area contributed by atoms with E-state index in [0.717, 1.165) is 0 Å². The molecule has 0 unspecified atom stereocenters. The summed E-state index contributed by atoms with van der Waals surface area (Å²) >= 11 is 11.6. The smallest absolute Gasteiger partial charge is 0.303 e. The Morgan fingerprint density at radius 2 is 1.94 bits per heavy atom. The van der Waals surface area contributed by atoms with Crippen molar-refractivity contribution in [2.24, 2.45) is 0 Å². The zero-order valence-electron chi connectivity index (χ0n) is 8.82. The van der Waals surface area contributed by atoms with Gasteiger partial charge in [-0.1, -0.05) is 29.3 Å². The normalized spacial score (nSPS) is 10.7. The molecule has 0 aliphatic carbocycles. The second-order valence-electron chi connectivity index (χ2n) is 3.36. The second-order valence-corrected chi connectivity index (χ2v) is 4.20. The Bertz CT molecular complexity index is 467. The molecule has 0 heterocycles. The molecule has 5 heteroatoms. The van der Waals surface area contributed by atoms with Crippen LogP contribution in [0.2, 0.25) is 10.0 Å². The molecule has 0 saturated carbocycles. The van der Waals surface area contributed by atoms with Gasteiger partial charge < -0.3 is 5.11 Å². The van der Waals surface area contributed by atoms with Gasteiger partial charge in [0.05, 0.1) is 6.42 Å². The Kier molecular flexibility index (Phi) is 5.19. The molecule has 0 fully saturated rings. The summed E-state index contributed by atoms with van der Waals surface area (Å²) in [4.78, 5) is 21.5. The molecule has 0 amide bonds. The molecule has 0 saturated heterocycles. The van der Waals surface area contributed by atoms with Gasteiger partial charge in [0.25, 0.3) is 0 Å². The quantitative estimate of drug-likeness (QED) is 0.836. The van der Waals surface area contributed by atoms with Crippen molar-refractivity contribution in [1.82, 2.24) is 0 Å². The SMILES string of the molecule is O=C(O)CCC(=O)/C=C/c1ccc(Cl)cc1Cl. The van der Waals surface area contributed by atoms with E-state index in [-0.39, 0.29) is 18.6 Å². The van der Waals surface area contributed by atoms with E-state index in [2.05, 4.69) is 0 Å². The van der Waals surface area contributed by atoms with Gasteiger partial charge in [0.2, 0.25) is 0 Å². The van der Waals surface area contributed by atoms with Crippen LogP contribution in [0.1, 0.15) is 18.4 Å². The molecule has 90 valence electrons. The van der Waals surface area contributed by atoms with Gasteiger partial charge >= 0.3 is 5.97 Å². The van der Waals surface area contributed by atoms with Gasteiger partial charge in [-0.15, -0.1) is 0 Å². The Balaban J connectivity index is 2.64. The van der Waals surface area contributed by atoms with E-state index >= 15 is 0 Å². The number of benzene rings is 1. The van der Waals surface area contributed by atoms with Crippen LogP contribution >= 0.6 is 23.2 Å². The van der Waals surface area contributed by atoms with Crippen molar-refractivity contribution in [1.29, 1.82) is 0 Å². The van der Waals surface area contributed by atoms with Gasteiger partial charge in [0, 0.05) is 16.5 Å². The molecule has 3 nitrogen and oxygen atoms in total. The van der Waals surface area contributed by atoms with Crippen LogP contribution in [0, 0.1) is 0 Å². The van der Waals surface area contributed by atoms with E-state index in [1.807, 2.05) is 0 Å². The summed E-state index contributed by atoms with van der Waals surface area (Å²) in [7, 11) is 0. The lowest BCUT2D eigenvalue weighted by Crippen LogP contribution is -2.00. The Labute approximate surface area is 109 Å². The predicted molar refractivity (Wildman–Crippen MR) is 67.4 cm³/mol. The molecule has 0 aliphatic heterocycles. The second kappa shape index (κ2) is 6.42. The highest BCUT2D eigenvalue weighted by Crippen LogP contribution is 2.21. The monoisotopic (exact) mass is 272 g/mol. The van der Waals surface area contributed by atoms with E-state index in [1.54, 1.807) is 24.3 Å². The van der Waals surface area contributed by atoms with Gasteiger partial charge in [-0.3, -0.25) is 9.59 Å². The van der Waals surface area contributed by atoms with Gasteiger partial charge in [0.1, 0.15) is 0 Å². The molecule has 0 spiro atoms. The van der Waals surface area contributed by atoms with E-state index in [0.29, 0.717) is 15.6 Å². The molecule has 0 atom stereocenters. The average Bonchev–Trinajstić information content (AvgIpc) is 2.25. The summed E-state index contributed by atoms with van der Waals surface area (Å²) < 4.78 is 0. The minimum Gasteiger partial charge on any atom is -0.481 e. The standard InChI is InChI=1S/C12H10Cl2O3/c13-9-3-1-8(11(14)7-9)2-4-10(15)5-6-12(16)17/h1-4,7H,5-6H2,(H,16,17)/b4-2+. The minimum atomic E-state index is -0.990. The van der Waals surface area contributed by atoms with E-state index < -0.39 is 5.97 Å². The maximum Gasteiger partial charge on any atom is 0.303 e. The molecular formula is C12H10Cl2O3. The number of rotatable bonds is 5. The number of ketones is 1. The van der Waals surface area contributed by atoms with Crippen LogP contribution in [-0.2, 0) is 9.59 Å². The first-order chi connectivity index (χ1) is 7.99. The molecule has 0 bridgehead atoms. The largest absolute Gasteiger partial charge is 0.481 e. The Morgan fingerprint density at radius 1 is 1.24 bits per heavy atom. The summed E-state index contributed by atoms with van der Waals surface area (Å²) in [5, 5.41) is 9.37. The van der Waals surface area contributed by atoms with Crippen molar-refractivity contribution in [2.45, 2.75) is 12.8 Å². The van der Waals surface area contributed by atoms with Crippen LogP contribution in [0.3, 0.4) is 0 Å². The van der Waals surface area contributed by atoms with Crippen LogP contribution < -0.4 is 0 Å². The maximum atomic E-state index is 11.3. The van der Waals surface area contributed by atoms with Crippen LogP contribution in [-0.4, -0.2) is 16.9 Å². The number of carbonyl (C=O) groups excluding carboxylic acids is 1. The first-order valence-electron chi connectivity index (χ1n) is 4.87. The number of aliphatic carboxylic acids is 1. The lowest BCUT2D eigenvalue weighted by atomic mass is 10.1. The van der Waals surface area contributed by atoms with Crippen LogP contribution in [0.25, 0.3) is 6.08 Å². The van der Waals surface area contributed by atoms with Crippen molar-refractivity contribution in [3.8, 4) is 0 Å². The van der Waals surface area contributed by atoms with Gasteiger partial charge in [0.15, 0.2) is 5.78 Å². The van der Waals surface area contributed by atoms with Gasteiger partial charge in [-0.25, -0.2) is 0 Å². The topological polar surface area (TPSA) is 54.4 Å². The van der Waals surface area contributed by atoms with Crippen molar-refractivity contribution >= 4 is 41.0 Å². The Morgan fingerprint density at radius 3 is 2.53 bits per heavy atom. The molecule has 1 N–H and O–H groups in total. The average molecular weight is 273 g/mol. The fourth-order valence-corrected chi connectivity index (χ4v) is 1.60. The van der Waals surface area contributed by atoms with Crippen molar-refractivity contribution in [3.05, 3.63) is 39.9 Å². The Hall–Kier alpha value is -1.32. The first kappa shape index (κ1) is 13.7. The minimum absolute atomic E-state index is 0.0168. The number of halogens is 2. The third kappa shape index (κ3) is 5.02. The zero-order chi connectivity index (χ0) is 12.8. The van der Waals surface area contributed by atoms with Gasteiger partial charge in [-0.05, 0) is 29.8 Å². The van der Waals surface area contributed by atoms with E-state index in [4.69, 9.17) is 28.3 Å². The molecule has 0 radical (unpaired) electrons. The fourth-order valence-electron chi connectivity index (χ4n) is 1.13. The summed E-state index contributed by atoms with van der Waals surface area (Å²) in [6, 6.07) is 4.92. The van der Waals surface area contributed by atoms with Crippen LogP contribution in [0.4, 0.5) is 0 Å². The van der Waals surface area contributed by atoms with Gasteiger partial charge in [-0.2, -0.15) is 0 Å². The van der Waals surface area contributed by atoms with Crippen LogP contribution in [0.15, 0.2) is 24.3 Å². The predicted octanol–water partition coefficient (Wildman–Crippen LogP) is 3.44. The molecule has 1 aromatic rings. The highest BCUT2D eigenvalue weighted by molar-refractivity contribution is 6.35. The van der Waals surface area contributed by atoms with Crippen molar-refractivity contribution in [3.63, 3.8) is 0 Å². The molecule has 1 rings (SSSR count). The zero-order valence-corrected chi connectivity index (χ0v) is 10.3. The molecule has 1 aromatic carbocycles. The van der Waals surface area contributed by atoms with Crippen molar-refractivity contribution in [2.75, 3.05) is 0 Å². The lowest BCUT2D eigenvalue weighted by Gasteiger charge is -1.98. The number of allylic oxidation sites excluding steroid dienone is 1. The molecule has 17 heavy (non-hydrogen) atoms. The fraction of sp³-hybridized carbons (Fsp3) is 0.167. The number of carbonyl (C=O) groups is 2. The number of hydrogen-bond donors (Lipinski definition) is 1. The van der Waals surface area contributed by atoms with Crippen LogP contribution in [0.5, 0.6) is 0 Å². The third-order valence-electron chi connectivity index (χ3n) is 2.00. The summed E-state index contributed by atoms with van der Waals surface area (Å²) in [5.74, 6) is -1.24. The summed E-state index contributed by atoms with van der Waals surface area (Å²) in [5.41, 5.74) is 0.666. The molecule has 0 aliphatic rings. The lowest BCUT2D eigenvalue weighted by molar-refractivity contribution is -0.138. The summed E-state index contributed by atoms with van der Waals surface area (Å²) in [6.07, 6.45) is 2.68. The highest BCUT2D eigenvalue weighted by Gasteiger charge is 2.03. The number of carboxylic acid groups (broad SMARTS) is 1. The number of carboxylic acids is 1. The highest BCUT2D eigenvalue weighted by atomic mass is 35.5. The van der Waals surface area contributed by atoms with Crippen molar-refractivity contribution < 1.29 is 14.7 Å². The third-order valence-corrected chi connectivity index (χ3v) is 2.56. The first-order valence-corrected chi connectivity index (χ1v) is 5.62.